The molecule has 0 bridgehead atoms. The first-order chi connectivity index (χ1) is 10.3. The third-order valence-corrected chi connectivity index (χ3v) is 4.97. The second kappa shape index (κ2) is 6.68. The van der Waals surface area contributed by atoms with Gasteiger partial charge in [0.2, 0.25) is 5.89 Å². The quantitative estimate of drug-likeness (QED) is 0.920. The van der Waals surface area contributed by atoms with Crippen LogP contribution in [0, 0.1) is 0 Å². The van der Waals surface area contributed by atoms with Gasteiger partial charge in [-0.2, -0.15) is 0 Å². The molecule has 1 N–H and O–H groups in total. The Hall–Kier alpha value is -1.24. The van der Waals surface area contributed by atoms with Crippen LogP contribution < -0.4 is 5.32 Å². The van der Waals surface area contributed by atoms with Gasteiger partial charge in [0.25, 0.3) is 5.89 Å². The molecule has 0 aromatic carbocycles. The second-order valence-corrected chi connectivity index (χ2v) is 6.43. The minimum atomic E-state index is 0.546. The summed E-state index contributed by atoms with van der Waals surface area (Å²) < 4.78 is 5.82. The number of thiophene rings is 1. The average Bonchev–Trinajstić information content (AvgIpc) is 3.18. The lowest BCUT2D eigenvalue weighted by Gasteiger charge is -2.39. The Morgan fingerprint density at radius 3 is 3.00 bits per heavy atom. The molecular weight excluding hydrogens is 284 g/mol. The van der Waals surface area contributed by atoms with Crippen molar-refractivity contribution in [2.75, 3.05) is 13.1 Å². The Labute approximate surface area is 129 Å². The molecule has 3 rings (SSSR count). The molecule has 5 nitrogen and oxygen atoms in total. The summed E-state index contributed by atoms with van der Waals surface area (Å²) in [6, 6.07) is 5.12. The highest BCUT2D eigenvalue weighted by molar-refractivity contribution is 7.13. The van der Waals surface area contributed by atoms with Crippen LogP contribution in [0.25, 0.3) is 10.8 Å². The number of aromatic nitrogens is 2. The molecule has 1 saturated heterocycles. The molecule has 114 valence electrons. The largest absolute Gasteiger partial charge is 0.419 e. The van der Waals surface area contributed by atoms with E-state index in [4.69, 9.17) is 4.42 Å². The van der Waals surface area contributed by atoms with E-state index in [1.54, 1.807) is 11.3 Å². The van der Waals surface area contributed by atoms with Crippen molar-refractivity contribution in [3.05, 3.63) is 23.4 Å². The highest BCUT2D eigenvalue weighted by atomic mass is 32.1. The van der Waals surface area contributed by atoms with Crippen LogP contribution in [-0.4, -0.2) is 40.3 Å². The van der Waals surface area contributed by atoms with Gasteiger partial charge in [0.15, 0.2) is 0 Å². The molecule has 0 aliphatic carbocycles. The van der Waals surface area contributed by atoms with Crippen molar-refractivity contribution in [2.24, 2.45) is 0 Å². The zero-order chi connectivity index (χ0) is 14.7. The van der Waals surface area contributed by atoms with Gasteiger partial charge < -0.3 is 9.73 Å². The van der Waals surface area contributed by atoms with E-state index >= 15 is 0 Å². The van der Waals surface area contributed by atoms with E-state index in [1.165, 1.54) is 0 Å². The van der Waals surface area contributed by atoms with Crippen molar-refractivity contribution < 1.29 is 4.42 Å². The SMILES string of the molecule is CCC1CN(Cc2nnc(-c3cccs3)o2)C(CC)CN1. The molecular formula is C15H22N4OS. The van der Waals surface area contributed by atoms with Gasteiger partial charge in [-0.25, -0.2) is 0 Å². The Morgan fingerprint density at radius 2 is 2.29 bits per heavy atom. The van der Waals surface area contributed by atoms with Gasteiger partial charge in [-0.05, 0) is 24.3 Å². The Kier molecular flexibility index (Phi) is 4.67. The van der Waals surface area contributed by atoms with E-state index in [2.05, 4.69) is 34.3 Å². The molecule has 0 radical (unpaired) electrons. The lowest BCUT2D eigenvalue weighted by Crippen LogP contribution is -2.55. The van der Waals surface area contributed by atoms with E-state index in [1.807, 2.05) is 17.5 Å². The van der Waals surface area contributed by atoms with Crippen LogP contribution >= 0.6 is 11.3 Å². The maximum absolute atomic E-state index is 5.82. The van der Waals surface area contributed by atoms with Crippen molar-refractivity contribution in [3.63, 3.8) is 0 Å². The van der Waals surface area contributed by atoms with Gasteiger partial charge in [0, 0.05) is 25.2 Å². The number of rotatable bonds is 5. The Morgan fingerprint density at radius 1 is 1.38 bits per heavy atom. The molecule has 0 saturated carbocycles. The summed E-state index contributed by atoms with van der Waals surface area (Å²) in [5, 5.41) is 14.0. The van der Waals surface area contributed by atoms with Gasteiger partial charge >= 0.3 is 0 Å². The predicted molar refractivity (Wildman–Crippen MR) is 84.2 cm³/mol. The van der Waals surface area contributed by atoms with Crippen molar-refractivity contribution in [2.45, 2.75) is 45.3 Å². The molecule has 2 aromatic rings. The molecule has 6 heteroatoms. The summed E-state index contributed by atoms with van der Waals surface area (Å²) in [4.78, 5) is 3.50. The molecule has 0 amide bonds. The maximum atomic E-state index is 5.82. The summed E-state index contributed by atoms with van der Waals surface area (Å²) in [6.07, 6.45) is 2.28. The molecule has 21 heavy (non-hydrogen) atoms. The molecule has 1 fully saturated rings. The van der Waals surface area contributed by atoms with Crippen LogP contribution in [0.2, 0.25) is 0 Å². The molecule has 3 heterocycles. The fraction of sp³-hybridized carbons (Fsp3) is 0.600. The minimum absolute atomic E-state index is 0.546. The summed E-state index contributed by atoms with van der Waals surface area (Å²) in [6.45, 7) is 7.29. The first-order valence-corrected chi connectivity index (χ1v) is 8.51. The van der Waals surface area contributed by atoms with Crippen molar-refractivity contribution in [3.8, 4) is 10.8 Å². The zero-order valence-corrected chi connectivity index (χ0v) is 13.4. The molecule has 2 aromatic heterocycles. The van der Waals surface area contributed by atoms with Crippen LogP contribution in [-0.2, 0) is 6.54 Å². The number of piperazine rings is 1. The maximum Gasteiger partial charge on any atom is 0.257 e. The van der Waals surface area contributed by atoms with E-state index in [0.29, 0.717) is 23.9 Å². The number of hydrogen-bond acceptors (Lipinski definition) is 6. The van der Waals surface area contributed by atoms with E-state index in [0.717, 1.165) is 37.4 Å². The predicted octanol–water partition coefficient (Wildman–Crippen LogP) is 2.76. The van der Waals surface area contributed by atoms with Gasteiger partial charge in [-0.1, -0.05) is 19.9 Å². The van der Waals surface area contributed by atoms with Crippen molar-refractivity contribution >= 4 is 11.3 Å². The number of hydrogen-bond donors (Lipinski definition) is 1. The highest BCUT2D eigenvalue weighted by Crippen LogP contribution is 2.24. The van der Waals surface area contributed by atoms with Crippen LogP contribution in [0.4, 0.5) is 0 Å². The summed E-state index contributed by atoms with van der Waals surface area (Å²) in [7, 11) is 0. The second-order valence-electron chi connectivity index (χ2n) is 5.48. The zero-order valence-electron chi connectivity index (χ0n) is 12.6. The first-order valence-electron chi connectivity index (χ1n) is 7.63. The van der Waals surface area contributed by atoms with Crippen LogP contribution in [0.5, 0.6) is 0 Å². The summed E-state index contributed by atoms with van der Waals surface area (Å²) in [5.41, 5.74) is 0. The third-order valence-electron chi connectivity index (χ3n) is 4.11. The van der Waals surface area contributed by atoms with Crippen molar-refractivity contribution in [1.29, 1.82) is 0 Å². The molecule has 1 aliphatic heterocycles. The van der Waals surface area contributed by atoms with Crippen LogP contribution in [0.15, 0.2) is 21.9 Å². The van der Waals surface area contributed by atoms with E-state index in [-0.39, 0.29) is 0 Å². The molecule has 0 spiro atoms. The lowest BCUT2D eigenvalue weighted by molar-refractivity contribution is 0.107. The lowest BCUT2D eigenvalue weighted by atomic mass is 10.1. The number of nitrogens with zero attached hydrogens (tertiary/aromatic N) is 3. The fourth-order valence-corrected chi connectivity index (χ4v) is 3.43. The fourth-order valence-electron chi connectivity index (χ4n) is 2.79. The summed E-state index contributed by atoms with van der Waals surface area (Å²) in [5.74, 6) is 1.35. The monoisotopic (exact) mass is 306 g/mol. The van der Waals surface area contributed by atoms with Gasteiger partial charge in [-0.15, -0.1) is 21.5 Å². The first kappa shape index (κ1) is 14.7. The molecule has 2 atom stereocenters. The van der Waals surface area contributed by atoms with Crippen LogP contribution in [0.3, 0.4) is 0 Å². The average molecular weight is 306 g/mol. The highest BCUT2D eigenvalue weighted by Gasteiger charge is 2.27. The third kappa shape index (κ3) is 3.33. The van der Waals surface area contributed by atoms with Gasteiger partial charge in [-0.3, -0.25) is 4.90 Å². The molecule has 1 aliphatic rings. The Bertz CT molecular complexity index is 554. The smallest absolute Gasteiger partial charge is 0.257 e. The number of nitrogens with one attached hydrogen (secondary N) is 1. The van der Waals surface area contributed by atoms with Gasteiger partial charge in [0.1, 0.15) is 0 Å². The standard InChI is InChI=1S/C15H22N4OS/c1-3-11-9-19(12(4-2)8-16-11)10-14-17-18-15(20-14)13-6-5-7-21-13/h5-7,11-12,16H,3-4,8-10H2,1-2H3. The van der Waals surface area contributed by atoms with Gasteiger partial charge in [0.05, 0.1) is 11.4 Å². The summed E-state index contributed by atoms with van der Waals surface area (Å²) >= 11 is 1.62. The molecule has 2 unspecified atom stereocenters. The minimum Gasteiger partial charge on any atom is -0.419 e. The van der Waals surface area contributed by atoms with Crippen LogP contribution in [0.1, 0.15) is 32.6 Å². The van der Waals surface area contributed by atoms with E-state index < -0.39 is 0 Å². The topological polar surface area (TPSA) is 54.2 Å². The van der Waals surface area contributed by atoms with Crippen molar-refractivity contribution in [1.82, 2.24) is 20.4 Å². The normalized spacial score (nSPS) is 23.5. The van der Waals surface area contributed by atoms with E-state index in [9.17, 15) is 0 Å². The Balaban J connectivity index is 1.69.